The maximum Gasteiger partial charge on any atom is 0.337 e. The van der Waals surface area contributed by atoms with Crippen molar-refractivity contribution >= 4 is 28.5 Å². The number of aryl methyl sites for hydroxylation is 1. The number of nitrogens with one attached hydrogen (secondary N) is 1. The van der Waals surface area contributed by atoms with Gasteiger partial charge in [-0.1, -0.05) is 23.4 Å². The van der Waals surface area contributed by atoms with Gasteiger partial charge in [-0.05, 0) is 30.7 Å². The molecule has 3 aromatic rings. The fraction of sp³-hybridized carbons (Fsp3) is 0.150. The standard InChI is InChI=1S/C20H14N4O4/c21-10-11-4-5-15(14(8-11)20(26)27)22-19(25)17-9-12-2-1-3-13-16(23-28)6-7-24(17)18(12)13/h1-5,8-9,16H,6-7H2,(H,22,25)(H,26,27). The molecule has 0 aliphatic carbocycles. The summed E-state index contributed by atoms with van der Waals surface area (Å²) in [7, 11) is 0. The Labute approximate surface area is 159 Å². The van der Waals surface area contributed by atoms with Crippen molar-refractivity contribution < 1.29 is 14.7 Å². The second-order valence-corrected chi connectivity index (χ2v) is 6.51. The predicted octanol–water partition coefficient (Wildman–Crippen LogP) is 3.67. The molecule has 0 fully saturated rings. The Hall–Kier alpha value is -3.99. The minimum absolute atomic E-state index is 0.109. The average molecular weight is 374 g/mol. The van der Waals surface area contributed by atoms with Crippen LogP contribution in [0.3, 0.4) is 0 Å². The number of rotatable bonds is 4. The second kappa shape index (κ2) is 6.63. The molecule has 8 nitrogen and oxygen atoms in total. The number of benzene rings is 2. The van der Waals surface area contributed by atoms with Crippen LogP contribution in [0.2, 0.25) is 0 Å². The van der Waals surface area contributed by atoms with Gasteiger partial charge in [-0.3, -0.25) is 4.79 Å². The lowest BCUT2D eigenvalue weighted by atomic mass is 9.99. The first-order valence-corrected chi connectivity index (χ1v) is 8.57. The monoisotopic (exact) mass is 374 g/mol. The fourth-order valence-electron chi connectivity index (χ4n) is 3.65. The maximum atomic E-state index is 12.9. The highest BCUT2D eigenvalue weighted by molar-refractivity contribution is 6.09. The van der Waals surface area contributed by atoms with E-state index < -0.39 is 17.9 Å². The molecule has 138 valence electrons. The number of nitriles is 1. The van der Waals surface area contributed by atoms with E-state index in [1.54, 1.807) is 6.07 Å². The Morgan fingerprint density at radius 1 is 1.25 bits per heavy atom. The molecule has 1 aliphatic heterocycles. The van der Waals surface area contributed by atoms with Crippen molar-refractivity contribution in [3.05, 3.63) is 69.8 Å². The van der Waals surface area contributed by atoms with Gasteiger partial charge in [0.1, 0.15) is 11.7 Å². The van der Waals surface area contributed by atoms with Crippen molar-refractivity contribution in [2.75, 3.05) is 5.32 Å². The maximum absolute atomic E-state index is 12.9. The van der Waals surface area contributed by atoms with Crippen LogP contribution in [-0.2, 0) is 6.54 Å². The molecule has 2 heterocycles. The van der Waals surface area contributed by atoms with Crippen LogP contribution < -0.4 is 5.32 Å². The molecule has 0 radical (unpaired) electrons. The summed E-state index contributed by atoms with van der Waals surface area (Å²) >= 11 is 0. The van der Waals surface area contributed by atoms with Crippen molar-refractivity contribution in [2.45, 2.75) is 19.0 Å². The second-order valence-electron chi connectivity index (χ2n) is 6.51. The summed E-state index contributed by atoms with van der Waals surface area (Å²) in [6.45, 7) is 0.457. The van der Waals surface area contributed by atoms with Crippen LogP contribution in [-0.4, -0.2) is 21.6 Å². The zero-order chi connectivity index (χ0) is 19.8. The Bertz CT molecular complexity index is 1190. The van der Waals surface area contributed by atoms with E-state index in [0.717, 1.165) is 16.5 Å². The number of hydrogen-bond donors (Lipinski definition) is 2. The highest BCUT2D eigenvalue weighted by atomic mass is 16.4. The minimum Gasteiger partial charge on any atom is -0.478 e. The molecule has 0 saturated carbocycles. The third kappa shape index (κ3) is 2.70. The number of carboxylic acids is 1. The molecule has 1 aliphatic rings. The zero-order valence-electron chi connectivity index (χ0n) is 14.5. The molecular weight excluding hydrogens is 360 g/mol. The van der Waals surface area contributed by atoms with E-state index in [0.29, 0.717) is 18.7 Å². The smallest absolute Gasteiger partial charge is 0.337 e. The Morgan fingerprint density at radius 3 is 2.79 bits per heavy atom. The molecular formula is C20H14N4O4. The number of carbonyl (C=O) groups excluding carboxylic acids is 1. The number of hydrogen-bond acceptors (Lipinski definition) is 5. The van der Waals surface area contributed by atoms with Gasteiger partial charge < -0.3 is 15.0 Å². The van der Waals surface area contributed by atoms with Crippen LogP contribution in [0.1, 0.15) is 44.4 Å². The van der Waals surface area contributed by atoms with Crippen LogP contribution in [0.25, 0.3) is 10.9 Å². The van der Waals surface area contributed by atoms with Crippen molar-refractivity contribution in [1.29, 1.82) is 5.26 Å². The molecule has 2 aromatic carbocycles. The fourth-order valence-corrected chi connectivity index (χ4v) is 3.65. The lowest BCUT2D eigenvalue weighted by molar-refractivity contribution is 0.0698. The Balaban J connectivity index is 1.76. The lowest BCUT2D eigenvalue weighted by Crippen LogP contribution is -2.21. The van der Waals surface area contributed by atoms with E-state index in [2.05, 4.69) is 10.5 Å². The molecule has 1 aromatic heterocycles. The number of aromatic carboxylic acids is 1. The largest absolute Gasteiger partial charge is 0.478 e. The van der Waals surface area contributed by atoms with E-state index in [1.165, 1.54) is 18.2 Å². The summed E-state index contributed by atoms with van der Waals surface area (Å²) < 4.78 is 1.83. The van der Waals surface area contributed by atoms with Crippen molar-refractivity contribution in [3.8, 4) is 6.07 Å². The van der Waals surface area contributed by atoms with Crippen LogP contribution in [0.4, 0.5) is 5.69 Å². The third-order valence-corrected chi connectivity index (χ3v) is 4.92. The van der Waals surface area contributed by atoms with E-state index in [9.17, 15) is 19.6 Å². The quantitative estimate of drug-likeness (QED) is 0.674. The number of anilines is 1. The summed E-state index contributed by atoms with van der Waals surface area (Å²) in [5, 5.41) is 25.0. The predicted molar refractivity (Wildman–Crippen MR) is 101 cm³/mol. The highest BCUT2D eigenvalue weighted by Gasteiger charge is 2.27. The Kier molecular flexibility index (Phi) is 4.12. The van der Waals surface area contributed by atoms with E-state index in [1.807, 2.05) is 28.8 Å². The van der Waals surface area contributed by atoms with Crippen molar-refractivity contribution in [2.24, 2.45) is 5.18 Å². The van der Waals surface area contributed by atoms with E-state index >= 15 is 0 Å². The minimum atomic E-state index is -1.24. The number of nitroso groups, excluding NO2 is 1. The molecule has 0 saturated heterocycles. The van der Waals surface area contributed by atoms with Gasteiger partial charge in [0.25, 0.3) is 5.91 Å². The molecule has 8 heteroatoms. The van der Waals surface area contributed by atoms with Gasteiger partial charge in [-0.25, -0.2) is 4.79 Å². The van der Waals surface area contributed by atoms with Crippen LogP contribution in [0, 0.1) is 16.2 Å². The summed E-state index contributed by atoms with van der Waals surface area (Å²) in [5.74, 6) is -1.71. The third-order valence-electron chi connectivity index (χ3n) is 4.92. The van der Waals surface area contributed by atoms with Crippen LogP contribution >= 0.6 is 0 Å². The number of amides is 1. The topological polar surface area (TPSA) is 125 Å². The van der Waals surface area contributed by atoms with Gasteiger partial charge in [0, 0.05) is 17.5 Å². The van der Waals surface area contributed by atoms with Gasteiger partial charge in [-0.15, -0.1) is 0 Å². The molecule has 1 amide bonds. The molecule has 1 atom stereocenters. The first-order valence-electron chi connectivity index (χ1n) is 8.57. The van der Waals surface area contributed by atoms with E-state index in [4.69, 9.17) is 5.26 Å². The number of carboxylic acid groups (broad SMARTS) is 1. The van der Waals surface area contributed by atoms with Crippen LogP contribution in [0.15, 0.2) is 47.6 Å². The van der Waals surface area contributed by atoms with Crippen LogP contribution in [0.5, 0.6) is 0 Å². The molecule has 28 heavy (non-hydrogen) atoms. The first-order chi connectivity index (χ1) is 13.5. The Morgan fingerprint density at radius 2 is 2.07 bits per heavy atom. The number of carbonyl (C=O) groups is 2. The molecule has 1 unspecified atom stereocenters. The van der Waals surface area contributed by atoms with Gasteiger partial charge in [-0.2, -0.15) is 10.2 Å². The first kappa shape index (κ1) is 17.4. The SMILES string of the molecule is N#Cc1ccc(NC(=O)c2cc3cccc4c3n2CCC4N=O)c(C(=O)O)c1. The molecule has 4 rings (SSSR count). The van der Waals surface area contributed by atoms with E-state index in [-0.39, 0.29) is 16.8 Å². The summed E-state index contributed by atoms with van der Waals surface area (Å²) in [6.07, 6.45) is 0.488. The summed E-state index contributed by atoms with van der Waals surface area (Å²) in [4.78, 5) is 35.5. The number of aromatic nitrogens is 1. The summed E-state index contributed by atoms with van der Waals surface area (Å²) in [6, 6.07) is 12.7. The average Bonchev–Trinajstić information content (AvgIpc) is 3.09. The lowest BCUT2D eigenvalue weighted by Gasteiger charge is -2.21. The van der Waals surface area contributed by atoms with Gasteiger partial charge >= 0.3 is 5.97 Å². The van der Waals surface area contributed by atoms with Crippen molar-refractivity contribution in [3.63, 3.8) is 0 Å². The highest BCUT2D eigenvalue weighted by Crippen LogP contribution is 2.36. The molecule has 0 spiro atoms. The zero-order valence-corrected chi connectivity index (χ0v) is 14.5. The molecule has 0 bridgehead atoms. The van der Waals surface area contributed by atoms with Gasteiger partial charge in [0.05, 0.1) is 28.4 Å². The van der Waals surface area contributed by atoms with Gasteiger partial charge in [0.15, 0.2) is 0 Å². The van der Waals surface area contributed by atoms with Crippen molar-refractivity contribution in [1.82, 2.24) is 4.57 Å². The summed E-state index contributed by atoms with van der Waals surface area (Å²) in [5.41, 5.74) is 2.08. The normalized spacial score (nSPS) is 15.0. The number of nitrogens with zero attached hydrogens (tertiary/aromatic N) is 3. The van der Waals surface area contributed by atoms with Gasteiger partial charge in [0.2, 0.25) is 0 Å². The molecule has 2 N–H and O–H groups in total. The number of para-hydroxylation sites is 1.